The van der Waals surface area contributed by atoms with Crippen molar-refractivity contribution in [1.29, 1.82) is 0 Å². The molecule has 4 rings (SSSR count). The number of carboxylic acids is 4. The molecule has 0 spiro atoms. The van der Waals surface area contributed by atoms with Crippen molar-refractivity contribution < 1.29 is 58.3 Å². The van der Waals surface area contributed by atoms with Crippen LogP contribution in [0, 0.1) is 5.82 Å². The molecule has 1 amide bonds. The standard InChI is InChI=1S/C23H25ClFN5O3.2C4H4O4/c1-26-21(31)12-30-8-6-14(7-9-30)33-20-10-15-18(11-19(20)32-2)27-13-28-23(15)29-17-5-3-4-16(24)22(17)25;2*5-3(6)1-2-4(7)8/h3-5,10-11,13-14H,6-9,12H2,1-2H3,(H,26,31)(H,27,28,29);2*1-2H,(H,5,6)(H,7,8). The van der Waals surface area contributed by atoms with Crippen LogP contribution in [0.2, 0.25) is 5.02 Å². The van der Waals surface area contributed by atoms with Gasteiger partial charge in [-0.25, -0.2) is 33.5 Å². The van der Waals surface area contributed by atoms with Crippen LogP contribution < -0.4 is 20.1 Å². The van der Waals surface area contributed by atoms with Gasteiger partial charge in [-0.15, -0.1) is 0 Å². The zero-order valence-electron chi connectivity index (χ0n) is 26.1. The van der Waals surface area contributed by atoms with Crippen molar-refractivity contribution in [3.8, 4) is 11.5 Å². The van der Waals surface area contributed by atoms with E-state index in [2.05, 4.69) is 25.5 Å². The molecule has 2 heterocycles. The third kappa shape index (κ3) is 13.8. The molecule has 6 N–H and O–H groups in total. The smallest absolute Gasteiger partial charge is 0.328 e. The Hall–Kier alpha value is -5.81. The van der Waals surface area contributed by atoms with Gasteiger partial charge in [0.15, 0.2) is 17.3 Å². The number of halogens is 2. The first-order chi connectivity index (χ1) is 23.2. The number of ether oxygens (including phenoxy) is 2. The average molecular weight is 706 g/mol. The summed E-state index contributed by atoms with van der Waals surface area (Å²) < 4.78 is 26.2. The number of benzene rings is 2. The molecule has 0 atom stereocenters. The second kappa shape index (κ2) is 19.8. The highest BCUT2D eigenvalue weighted by Crippen LogP contribution is 2.36. The molecule has 1 saturated heterocycles. The molecule has 0 aliphatic carbocycles. The van der Waals surface area contributed by atoms with E-state index in [-0.39, 0.29) is 22.7 Å². The summed E-state index contributed by atoms with van der Waals surface area (Å²) in [5, 5.41) is 37.6. The van der Waals surface area contributed by atoms with Crippen molar-refractivity contribution >= 4 is 63.8 Å². The summed E-state index contributed by atoms with van der Waals surface area (Å²) in [5.41, 5.74) is 0.837. The molecule has 3 aromatic rings. The number of rotatable bonds is 11. The lowest BCUT2D eigenvalue weighted by Crippen LogP contribution is -2.43. The van der Waals surface area contributed by atoms with E-state index in [1.165, 1.54) is 12.4 Å². The Morgan fingerprint density at radius 2 is 1.51 bits per heavy atom. The highest BCUT2D eigenvalue weighted by atomic mass is 35.5. The van der Waals surface area contributed by atoms with Crippen molar-refractivity contribution in [3.05, 3.63) is 71.8 Å². The number of likely N-dealkylation sites (N-methyl/N-ethyl adjacent to an activating group) is 1. The van der Waals surface area contributed by atoms with Gasteiger partial charge < -0.3 is 40.5 Å². The van der Waals surface area contributed by atoms with Crippen LogP contribution in [-0.2, 0) is 24.0 Å². The van der Waals surface area contributed by atoms with Crippen molar-refractivity contribution in [2.24, 2.45) is 0 Å². The molecule has 262 valence electrons. The fraction of sp³-hybridized carbons (Fsp3) is 0.258. The molecule has 0 saturated carbocycles. The van der Waals surface area contributed by atoms with Gasteiger partial charge in [-0.2, -0.15) is 0 Å². The van der Waals surface area contributed by atoms with Crippen LogP contribution in [0.3, 0.4) is 0 Å². The Morgan fingerprint density at radius 3 is 2.02 bits per heavy atom. The van der Waals surface area contributed by atoms with Gasteiger partial charge in [-0.05, 0) is 31.0 Å². The van der Waals surface area contributed by atoms with Crippen molar-refractivity contribution in [3.63, 3.8) is 0 Å². The number of carbonyl (C=O) groups is 5. The minimum Gasteiger partial charge on any atom is -0.493 e. The first kappa shape index (κ1) is 39.4. The van der Waals surface area contributed by atoms with Crippen LogP contribution in [0.15, 0.2) is 61.0 Å². The third-order valence-electron chi connectivity index (χ3n) is 6.34. The Labute approximate surface area is 283 Å². The molecule has 16 nitrogen and oxygen atoms in total. The molecule has 49 heavy (non-hydrogen) atoms. The van der Waals surface area contributed by atoms with Crippen LogP contribution in [0.1, 0.15) is 12.8 Å². The molecule has 1 fully saturated rings. The minimum absolute atomic E-state index is 0.00161. The van der Waals surface area contributed by atoms with Gasteiger partial charge in [-0.1, -0.05) is 17.7 Å². The number of fused-ring (bicyclic) bond motifs is 1. The summed E-state index contributed by atoms with van der Waals surface area (Å²) in [6.45, 7) is 1.91. The molecular formula is C31H33ClFN5O11. The molecule has 0 bridgehead atoms. The van der Waals surface area contributed by atoms with Crippen LogP contribution in [0.5, 0.6) is 11.5 Å². The van der Waals surface area contributed by atoms with Gasteiger partial charge in [0, 0.05) is 55.9 Å². The number of nitrogens with zero attached hydrogens (tertiary/aromatic N) is 3. The van der Waals surface area contributed by atoms with Gasteiger partial charge in [0.25, 0.3) is 0 Å². The van der Waals surface area contributed by atoms with Crippen molar-refractivity contribution in [2.75, 3.05) is 39.1 Å². The summed E-state index contributed by atoms with van der Waals surface area (Å²) in [5.74, 6) is -4.05. The maximum atomic E-state index is 14.4. The van der Waals surface area contributed by atoms with Crippen LogP contribution >= 0.6 is 11.6 Å². The fourth-order valence-electron chi connectivity index (χ4n) is 4.08. The Bertz CT molecular complexity index is 1650. The van der Waals surface area contributed by atoms with E-state index in [4.69, 9.17) is 41.5 Å². The van der Waals surface area contributed by atoms with Crippen LogP contribution in [-0.4, -0.2) is 105 Å². The van der Waals surface area contributed by atoms with E-state index in [0.717, 1.165) is 25.9 Å². The molecule has 0 radical (unpaired) electrons. The zero-order chi connectivity index (χ0) is 36.5. The number of likely N-dealkylation sites (tertiary alicyclic amines) is 1. The number of carbonyl (C=O) groups excluding carboxylic acids is 1. The zero-order valence-corrected chi connectivity index (χ0v) is 26.9. The highest BCUT2D eigenvalue weighted by Gasteiger charge is 2.23. The molecule has 18 heteroatoms. The second-order valence-electron chi connectivity index (χ2n) is 9.76. The first-order valence-electron chi connectivity index (χ1n) is 14.1. The summed E-state index contributed by atoms with van der Waals surface area (Å²) in [7, 11) is 3.21. The number of anilines is 2. The number of aromatic nitrogens is 2. The summed E-state index contributed by atoms with van der Waals surface area (Å²) >= 11 is 5.91. The Kier molecular flexibility index (Phi) is 15.9. The normalized spacial score (nSPS) is 13.1. The molecule has 0 unspecified atom stereocenters. The number of amides is 1. The molecule has 2 aromatic carbocycles. The maximum Gasteiger partial charge on any atom is 0.328 e. The second-order valence-corrected chi connectivity index (χ2v) is 10.2. The predicted octanol–water partition coefficient (Wildman–Crippen LogP) is 3.19. The number of methoxy groups -OCH3 is 1. The van der Waals surface area contributed by atoms with E-state index in [9.17, 15) is 28.4 Å². The van der Waals surface area contributed by atoms with Gasteiger partial charge >= 0.3 is 23.9 Å². The number of hydrogen-bond acceptors (Lipinski definition) is 11. The monoisotopic (exact) mass is 705 g/mol. The number of hydrogen-bond donors (Lipinski definition) is 6. The van der Waals surface area contributed by atoms with E-state index < -0.39 is 29.7 Å². The molecule has 1 aliphatic rings. The summed E-state index contributed by atoms with van der Waals surface area (Å²) in [4.78, 5) is 60.5. The SMILES string of the molecule is CNC(=O)CN1CCC(Oc2cc3c(Nc4cccc(Cl)c4F)ncnc3cc2OC)CC1.O=C(O)C=CC(=O)O.O=C(O)C=CC(=O)O. The van der Waals surface area contributed by atoms with E-state index in [1.807, 2.05) is 0 Å². The largest absolute Gasteiger partial charge is 0.493 e. The van der Waals surface area contributed by atoms with Gasteiger partial charge in [0.05, 0.1) is 29.9 Å². The Balaban J connectivity index is 0.000000432. The minimum atomic E-state index is -1.26. The quantitative estimate of drug-likeness (QED) is 0.157. The molecule has 1 aliphatic heterocycles. The van der Waals surface area contributed by atoms with E-state index in [1.54, 1.807) is 38.4 Å². The third-order valence-corrected chi connectivity index (χ3v) is 6.63. The lowest BCUT2D eigenvalue weighted by molar-refractivity contribution is -0.134. The van der Waals surface area contributed by atoms with Crippen molar-refractivity contribution in [1.82, 2.24) is 20.2 Å². The Morgan fingerprint density at radius 1 is 0.939 bits per heavy atom. The summed E-state index contributed by atoms with van der Waals surface area (Å²) in [6, 6.07) is 8.30. The van der Waals surface area contributed by atoms with Gasteiger partial charge in [-0.3, -0.25) is 9.69 Å². The van der Waals surface area contributed by atoms with Crippen LogP contribution in [0.4, 0.5) is 15.9 Å². The maximum absolute atomic E-state index is 14.4. The van der Waals surface area contributed by atoms with E-state index in [0.29, 0.717) is 59.1 Å². The molecular weight excluding hydrogens is 673 g/mol. The van der Waals surface area contributed by atoms with Gasteiger partial charge in [0.1, 0.15) is 18.2 Å². The predicted molar refractivity (Wildman–Crippen MR) is 174 cm³/mol. The highest BCUT2D eigenvalue weighted by molar-refractivity contribution is 6.31. The van der Waals surface area contributed by atoms with E-state index >= 15 is 0 Å². The number of nitrogens with one attached hydrogen (secondary N) is 2. The number of piperidine rings is 1. The van der Waals surface area contributed by atoms with Crippen molar-refractivity contribution in [2.45, 2.75) is 18.9 Å². The number of aliphatic carboxylic acids is 4. The van der Waals surface area contributed by atoms with Crippen LogP contribution in [0.25, 0.3) is 10.9 Å². The lowest BCUT2D eigenvalue weighted by Gasteiger charge is -2.31. The van der Waals surface area contributed by atoms with Gasteiger partial charge in [0.2, 0.25) is 5.91 Å². The average Bonchev–Trinajstić information content (AvgIpc) is 3.06. The number of carboxylic acid groups (broad SMARTS) is 4. The summed E-state index contributed by atoms with van der Waals surface area (Å²) in [6.07, 6.45) is 5.17. The molecule has 1 aromatic heterocycles. The fourth-order valence-corrected chi connectivity index (χ4v) is 4.25. The first-order valence-corrected chi connectivity index (χ1v) is 14.5. The topological polar surface area (TPSA) is 238 Å². The lowest BCUT2D eigenvalue weighted by atomic mass is 10.1.